The zero-order valence-corrected chi connectivity index (χ0v) is 14.2. The number of halogens is 1. The van der Waals surface area contributed by atoms with Gasteiger partial charge in [0.15, 0.2) is 0 Å². The van der Waals surface area contributed by atoms with Crippen molar-refractivity contribution in [2.75, 3.05) is 24.5 Å². The van der Waals surface area contributed by atoms with Crippen molar-refractivity contribution in [3.05, 3.63) is 28.2 Å². The predicted octanol–water partition coefficient (Wildman–Crippen LogP) is 3.56. The molecule has 0 saturated carbocycles. The molecule has 1 saturated heterocycles. The average Bonchev–Trinajstić information content (AvgIpc) is 2.38. The minimum absolute atomic E-state index is 0.291. The van der Waals surface area contributed by atoms with E-state index in [0.29, 0.717) is 12.2 Å². The van der Waals surface area contributed by atoms with E-state index in [1.807, 2.05) is 0 Å². The lowest BCUT2D eigenvalue weighted by atomic mass is 10.1. The zero-order chi connectivity index (χ0) is 14.5. The molecule has 1 aromatic carbocycles. The Balaban J connectivity index is 2.16. The van der Waals surface area contributed by atoms with Crippen LogP contribution in [0, 0.1) is 0 Å². The fraction of sp³-hybridized carbons (Fsp3) is 0.625. The van der Waals surface area contributed by atoms with Gasteiger partial charge in [-0.3, -0.25) is 0 Å². The van der Waals surface area contributed by atoms with Crippen molar-refractivity contribution in [1.29, 1.82) is 0 Å². The molecular weight excluding hydrogens is 316 g/mol. The van der Waals surface area contributed by atoms with Crippen LogP contribution in [-0.2, 0) is 11.3 Å². The minimum atomic E-state index is 0.291. The second-order valence-electron chi connectivity index (χ2n) is 5.61. The molecule has 1 heterocycles. The lowest BCUT2D eigenvalue weighted by Crippen LogP contribution is -2.46. The molecule has 2 atom stereocenters. The summed E-state index contributed by atoms with van der Waals surface area (Å²) >= 11 is 3.58. The lowest BCUT2D eigenvalue weighted by molar-refractivity contribution is -0.00526. The second kappa shape index (κ2) is 7.43. The second-order valence-corrected chi connectivity index (χ2v) is 6.53. The fourth-order valence-corrected chi connectivity index (χ4v) is 3.19. The standard InChI is InChI=1S/C16H25BrN2O/c1-4-7-18-9-14-8-15(17)5-6-16(14)19-10-12(2)20-13(3)11-19/h5-6,8,12-13,18H,4,7,9-11H2,1-3H3. The van der Waals surface area contributed by atoms with E-state index < -0.39 is 0 Å². The Morgan fingerprint density at radius 2 is 2.00 bits per heavy atom. The third kappa shape index (κ3) is 4.21. The van der Waals surface area contributed by atoms with Crippen molar-refractivity contribution >= 4 is 21.6 Å². The van der Waals surface area contributed by atoms with Gasteiger partial charge in [0.05, 0.1) is 12.2 Å². The predicted molar refractivity (Wildman–Crippen MR) is 88.4 cm³/mol. The van der Waals surface area contributed by atoms with Gasteiger partial charge in [-0.15, -0.1) is 0 Å². The van der Waals surface area contributed by atoms with Gasteiger partial charge in [0.25, 0.3) is 0 Å². The van der Waals surface area contributed by atoms with Gasteiger partial charge in [-0.2, -0.15) is 0 Å². The van der Waals surface area contributed by atoms with Crippen LogP contribution in [-0.4, -0.2) is 31.8 Å². The zero-order valence-electron chi connectivity index (χ0n) is 12.7. The first-order valence-electron chi connectivity index (χ1n) is 7.49. The normalized spacial score (nSPS) is 23.1. The van der Waals surface area contributed by atoms with Crippen molar-refractivity contribution in [2.24, 2.45) is 0 Å². The van der Waals surface area contributed by atoms with Gasteiger partial charge in [0.1, 0.15) is 0 Å². The number of nitrogens with zero attached hydrogens (tertiary/aromatic N) is 1. The molecule has 0 radical (unpaired) electrons. The van der Waals surface area contributed by atoms with Crippen molar-refractivity contribution in [3.8, 4) is 0 Å². The summed E-state index contributed by atoms with van der Waals surface area (Å²) in [6.45, 7) is 10.4. The molecule has 20 heavy (non-hydrogen) atoms. The van der Waals surface area contributed by atoms with Gasteiger partial charge in [-0.05, 0) is 50.6 Å². The highest BCUT2D eigenvalue weighted by molar-refractivity contribution is 9.10. The van der Waals surface area contributed by atoms with E-state index in [1.54, 1.807) is 0 Å². The number of nitrogens with one attached hydrogen (secondary N) is 1. The molecule has 1 fully saturated rings. The topological polar surface area (TPSA) is 24.5 Å². The summed E-state index contributed by atoms with van der Waals surface area (Å²) in [5.74, 6) is 0. The lowest BCUT2D eigenvalue weighted by Gasteiger charge is -2.38. The van der Waals surface area contributed by atoms with Gasteiger partial charge in [0.2, 0.25) is 0 Å². The Morgan fingerprint density at radius 3 is 2.65 bits per heavy atom. The third-order valence-corrected chi connectivity index (χ3v) is 4.04. The summed E-state index contributed by atoms with van der Waals surface area (Å²) in [6, 6.07) is 6.57. The molecule has 2 unspecified atom stereocenters. The number of ether oxygens (including phenoxy) is 1. The summed E-state index contributed by atoms with van der Waals surface area (Å²) < 4.78 is 6.98. The smallest absolute Gasteiger partial charge is 0.0726 e. The van der Waals surface area contributed by atoms with Crippen LogP contribution >= 0.6 is 15.9 Å². The van der Waals surface area contributed by atoms with Gasteiger partial charge >= 0.3 is 0 Å². The molecule has 3 nitrogen and oxygen atoms in total. The third-order valence-electron chi connectivity index (χ3n) is 3.54. The van der Waals surface area contributed by atoms with Crippen LogP contribution in [0.3, 0.4) is 0 Å². The number of morpholine rings is 1. The molecule has 0 spiro atoms. The number of hydrogen-bond acceptors (Lipinski definition) is 3. The molecule has 1 aliphatic heterocycles. The van der Waals surface area contributed by atoms with Crippen LogP contribution in [0.1, 0.15) is 32.8 Å². The van der Waals surface area contributed by atoms with Crippen LogP contribution in [0.15, 0.2) is 22.7 Å². The maximum atomic E-state index is 5.83. The largest absolute Gasteiger partial charge is 0.372 e. The van der Waals surface area contributed by atoms with Crippen LogP contribution < -0.4 is 10.2 Å². The van der Waals surface area contributed by atoms with E-state index in [4.69, 9.17) is 4.74 Å². The first kappa shape index (κ1) is 15.8. The Bertz CT molecular complexity index is 428. The van der Waals surface area contributed by atoms with Crippen LogP contribution in [0.4, 0.5) is 5.69 Å². The van der Waals surface area contributed by atoms with Crippen molar-refractivity contribution in [2.45, 2.75) is 45.9 Å². The van der Waals surface area contributed by atoms with Gasteiger partial charge in [-0.25, -0.2) is 0 Å². The van der Waals surface area contributed by atoms with Crippen LogP contribution in [0.25, 0.3) is 0 Å². The molecular formula is C16H25BrN2O. The summed E-state index contributed by atoms with van der Waals surface area (Å²) in [7, 11) is 0. The molecule has 1 aliphatic rings. The first-order chi connectivity index (χ1) is 9.60. The molecule has 2 rings (SSSR count). The number of benzene rings is 1. The van der Waals surface area contributed by atoms with Crippen molar-refractivity contribution in [3.63, 3.8) is 0 Å². The van der Waals surface area contributed by atoms with Crippen LogP contribution in [0.2, 0.25) is 0 Å². The number of hydrogen-bond donors (Lipinski definition) is 1. The van der Waals surface area contributed by atoms with Crippen molar-refractivity contribution in [1.82, 2.24) is 5.32 Å². The van der Waals surface area contributed by atoms with Gasteiger partial charge < -0.3 is 15.0 Å². The molecule has 0 aromatic heterocycles. The Hall–Kier alpha value is -0.580. The molecule has 112 valence electrons. The number of anilines is 1. The van der Waals surface area contributed by atoms with E-state index in [9.17, 15) is 0 Å². The molecule has 1 N–H and O–H groups in total. The van der Waals surface area contributed by atoms with E-state index >= 15 is 0 Å². The molecule has 0 amide bonds. The average molecular weight is 341 g/mol. The quantitative estimate of drug-likeness (QED) is 0.829. The highest BCUT2D eigenvalue weighted by Crippen LogP contribution is 2.27. The van der Waals surface area contributed by atoms with E-state index in [0.717, 1.165) is 37.1 Å². The highest BCUT2D eigenvalue weighted by Gasteiger charge is 2.23. The SMILES string of the molecule is CCCNCc1cc(Br)ccc1N1CC(C)OC(C)C1. The maximum Gasteiger partial charge on any atom is 0.0726 e. The minimum Gasteiger partial charge on any atom is -0.372 e. The van der Waals surface area contributed by atoms with Gasteiger partial charge in [-0.1, -0.05) is 22.9 Å². The first-order valence-corrected chi connectivity index (χ1v) is 8.29. The maximum absolute atomic E-state index is 5.83. The Labute approximate surface area is 130 Å². The van der Waals surface area contributed by atoms with Crippen LogP contribution in [0.5, 0.6) is 0 Å². The summed E-state index contributed by atoms with van der Waals surface area (Å²) in [5, 5.41) is 3.50. The molecule has 0 aliphatic carbocycles. The summed E-state index contributed by atoms with van der Waals surface area (Å²) in [6.07, 6.45) is 1.74. The molecule has 0 bridgehead atoms. The molecule has 1 aromatic rings. The van der Waals surface area contributed by atoms with Gasteiger partial charge in [0, 0.05) is 29.8 Å². The fourth-order valence-electron chi connectivity index (χ4n) is 2.78. The van der Waals surface area contributed by atoms with Crippen molar-refractivity contribution < 1.29 is 4.74 Å². The number of rotatable bonds is 5. The Kier molecular flexibility index (Phi) is 5.87. The highest BCUT2D eigenvalue weighted by atomic mass is 79.9. The van der Waals surface area contributed by atoms with E-state index in [2.05, 4.69) is 65.1 Å². The Morgan fingerprint density at radius 1 is 1.30 bits per heavy atom. The summed E-state index contributed by atoms with van der Waals surface area (Å²) in [4.78, 5) is 2.45. The van der Waals surface area contributed by atoms with E-state index in [1.165, 1.54) is 11.3 Å². The van der Waals surface area contributed by atoms with E-state index in [-0.39, 0.29) is 0 Å². The molecule has 4 heteroatoms. The monoisotopic (exact) mass is 340 g/mol. The summed E-state index contributed by atoms with van der Waals surface area (Å²) in [5.41, 5.74) is 2.69.